The number of ether oxygens (including phenoxy) is 4. The number of rotatable bonds is 6. The molecule has 0 saturated carbocycles. The summed E-state index contributed by atoms with van der Waals surface area (Å²) in [6.45, 7) is 0. The van der Waals surface area contributed by atoms with E-state index >= 15 is 0 Å². The Bertz CT molecular complexity index is 614. The molecule has 2 aromatic rings. The molecular weight excluding hydrogens is 284 g/mol. The zero-order valence-corrected chi connectivity index (χ0v) is 13.0. The van der Waals surface area contributed by atoms with E-state index in [9.17, 15) is 0 Å². The van der Waals surface area contributed by atoms with E-state index in [2.05, 4.69) is 10.2 Å². The van der Waals surface area contributed by atoms with E-state index in [1.807, 2.05) is 0 Å². The molecule has 0 amide bonds. The summed E-state index contributed by atoms with van der Waals surface area (Å²) in [6, 6.07) is 10.7. The molecule has 0 fully saturated rings. The monoisotopic (exact) mass is 302 g/mol. The molecule has 0 unspecified atom stereocenters. The Morgan fingerprint density at radius 1 is 0.545 bits per heavy atom. The van der Waals surface area contributed by atoms with E-state index in [1.54, 1.807) is 64.8 Å². The molecular formula is C16H18N2O4. The lowest BCUT2D eigenvalue weighted by Gasteiger charge is -2.07. The summed E-state index contributed by atoms with van der Waals surface area (Å²) in [7, 11) is 6.32. The van der Waals surface area contributed by atoms with Crippen molar-refractivity contribution in [3.8, 4) is 23.0 Å². The van der Waals surface area contributed by atoms with E-state index in [0.717, 1.165) is 0 Å². The SMILES string of the molecule is COc1ccc(N=Nc2ccc(OC)c(OC)c2)cc1OC. The van der Waals surface area contributed by atoms with E-state index in [4.69, 9.17) is 18.9 Å². The average molecular weight is 302 g/mol. The Morgan fingerprint density at radius 3 is 1.23 bits per heavy atom. The molecule has 116 valence electrons. The molecule has 0 bridgehead atoms. The van der Waals surface area contributed by atoms with Crippen LogP contribution in [0.2, 0.25) is 0 Å². The molecule has 2 rings (SSSR count). The molecule has 2 aromatic carbocycles. The maximum absolute atomic E-state index is 5.23. The van der Waals surface area contributed by atoms with E-state index < -0.39 is 0 Å². The van der Waals surface area contributed by atoms with Crippen molar-refractivity contribution in [3.05, 3.63) is 36.4 Å². The van der Waals surface area contributed by atoms with Gasteiger partial charge in [-0.25, -0.2) is 0 Å². The van der Waals surface area contributed by atoms with E-state index in [1.165, 1.54) is 0 Å². The van der Waals surface area contributed by atoms with Crippen molar-refractivity contribution in [1.82, 2.24) is 0 Å². The van der Waals surface area contributed by atoms with Crippen molar-refractivity contribution in [3.63, 3.8) is 0 Å². The van der Waals surface area contributed by atoms with Crippen LogP contribution in [0.3, 0.4) is 0 Å². The smallest absolute Gasteiger partial charge is 0.162 e. The van der Waals surface area contributed by atoms with Crippen LogP contribution < -0.4 is 18.9 Å². The molecule has 0 aromatic heterocycles. The van der Waals surface area contributed by atoms with Crippen molar-refractivity contribution in [2.75, 3.05) is 28.4 Å². The molecule has 0 radical (unpaired) electrons. The predicted octanol–water partition coefficient (Wildman–Crippen LogP) is 4.14. The van der Waals surface area contributed by atoms with Crippen molar-refractivity contribution >= 4 is 11.4 Å². The Hall–Kier alpha value is -2.76. The highest BCUT2D eigenvalue weighted by molar-refractivity contribution is 5.53. The molecule has 22 heavy (non-hydrogen) atoms. The highest BCUT2D eigenvalue weighted by Gasteiger charge is 2.05. The minimum atomic E-state index is 0.603. The lowest BCUT2D eigenvalue weighted by atomic mass is 10.3. The maximum atomic E-state index is 5.23. The normalized spacial score (nSPS) is 10.5. The van der Waals surface area contributed by atoms with Crippen LogP contribution in [0.15, 0.2) is 46.6 Å². The number of hydrogen-bond acceptors (Lipinski definition) is 6. The van der Waals surface area contributed by atoms with Crippen LogP contribution >= 0.6 is 0 Å². The van der Waals surface area contributed by atoms with Gasteiger partial charge < -0.3 is 18.9 Å². The minimum Gasteiger partial charge on any atom is -0.493 e. The fraction of sp³-hybridized carbons (Fsp3) is 0.250. The molecule has 0 aliphatic heterocycles. The Labute approximate surface area is 129 Å². The molecule has 6 heteroatoms. The standard InChI is InChI=1S/C16H18N2O4/c1-19-13-7-5-11(9-15(13)21-3)17-18-12-6-8-14(20-2)16(10-12)22-4/h5-10H,1-4H3. The van der Waals surface area contributed by atoms with Gasteiger partial charge in [-0.2, -0.15) is 10.2 Å². The van der Waals surface area contributed by atoms with Gasteiger partial charge in [-0.15, -0.1) is 0 Å². The topological polar surface area (TPSA) is 61.6 Å². The van der Waals surface area contributed by atoms with Crippen molar-refractivity contribution in [1.29, 1.82) is 0 Å². The molecule has 0 atom stereocenters. The van der Waals surface area contributed by atoms with Gasteiger partial charge in [-0.05, 0) is 24.3 Å². The van der Waals surface area contributed by atoms with Gasteiger partial charge in [0.2, 0.25) is 0 Å². The van der Waals surface area contributed by atoms with Gasteiger partial charge >= 0.3 is 0 Å². The quantitative estimate of drug-likeness (QED) is 0.752. The summed E-state index contributed by atoms with van der Waals surface area (Å²) < 4.78 is 20.8. The third-order valence-electron chi connectivity index (χ3n) is 3.02. The number of hydrogen-bond donors (Lipinski definition) is 0. The second kappa shape index (κ2) is 7.31. The molecule has 0 heterocycles. The van der Waals surface area contributed by atoms with Crippen LogP contribution in [0.1, 0.15) is 0 Å². The van der Waals surface area contributed by atoms with Crippen LogP contribution in [-0.4, -0.2) is 28.4 Å². The van der Waals surface area contributed by atoms with Gasteiger partial charge in [0.1, 0.15) is 0 Å². The van der Waals surface area contributed by atoms with Crippen molar-refractivity contribution in [2.45, 2.75) is 0 Å². The first-order chi connectivity index (χ1) is 10.7. The lowest BCUT2D eigenvalue weighted by Crippen LogP contribution is -1.89. The summed E-state index contributed by atoms with van der Waals surface area (Å²) in [6.07, 6.45) is 0. The molecule has 0 spiro atoms. The van der Waals surface area contributed by atoms with Gasteiger partial charge in [-0.3, -0.25) is 0 Å². The Morgan fingerprint density at radius 2 is 0.909 bits per heavy atom. The fourth-order valence-corrected chi connectivity index (χ4v) is 1.89. The highest BCUT2D eigenvalue weighted by Crippen LogP contribution is 2.34. The van der Waals surface area contributed by atoms with Crippen LogP contribution in [0.25, 0.3) is 0 Å². The third-order valence-corrected chi connectivity index (χ3v) is 3.02. The number of benzene rings is 2. The number of azo groups is 1. The highest BCUT2D eigenvalue weighted by atomic mass is 16.5. The van der Waals surface area contributed by atoms with Gasteiger partial charge in [0, 0.05) is 12.1 Å². The fourth-order valence-electron chi connectivity index (χ4n) is 1.89. The van der Waals surface area contributed by atoms with E-state index in [-0.39, 0.29) is 0 Å². The van der Waals surface area contributed by atoms with Gasteiger partial charge in [-0.1, -0.05) is 0 Å². The summed E-state index contributed by atoms with van der Waals surface area (Å²) in [5.41, 5.74) is 1.32. The summed E-state index contributed by atoms with van der Waals surface area (Å²) >= 11 is 0. The van der Waals surface area contributed by atoms with Crippen molar-refractivity contribution in [2.24, 2.45) is 10.2 Å². The summed E-state index contributed by atoms with van der Waals surface area (Å²) in [5, 5.41) is 8.37. The third kappa shape index (κ3) is 3.46. The molecule has 0 aliphatic carbocycles. The van der Waals surface area contributed by atoms with Crippen LogP contribution in [0.4, 0.5) is 11.4 Å². The van der Waals surface area contributed by atoms with Crippen LogP contribution in [0.5, 0.6) is 23.0 Å². The summed E-state index contributed by atoms with van der Waals surface area (Å²) in [4.78, 5) is 0. The first-order valence-corrected chi connectivity index (χ1v) is 6.57. The van der Waals surface area contributed by atoms with E-state index in [0.29, 0.717) is 34.4 Å². The second-order valence-corrected chi connectivity index (χ2v) is 4.28. The van der Waals surface area contributed by atoms with Gasteiger partial charge in [0.05, 0.1) is 39.8 Å². The Kier molecular flexibility index (Phi) is 5.19. The van der Waals surface area contributed by atoms with Gasteiger partial charge in [0.15, 0.2) is 23.0 Å². The molecule has 0 saturated heterocycles. The predicted molar refractivity (Wildman–Crippen MR) is 83.3 cm³/mol. The second-order valence-electron chi connectivity index (χ2n) is 4.28. The van der Waals surface area contributed by atoms with Crippen molar-refractivity contribution < 1.29 is 18.9 Å². The Balaban J connectivity index is 2.25. The number of methoxy groups -OCH3 is 4. The summed E-state index contributed by atoms with van der Waals surface area (Å²) in [5.74, 6) is 2.50. The number of nitrogens with zero attached hydrogens (tertiary/aromatic N) is 2. The largest absolute Gasteiger partial charge is 0.493 e. The minimum absolute atomic E-state index is 0.603. The maximum Gasteiger partial charge on any atom is 0.162 e. The van der Waals surface area contributed by atoms with Crippen LogP contribution in [0, 0.1) is 0 Å². The van der Waals surface area contributed by atoms with Crippen LogP contribution in [-0.2, 0) is 0 Å². The lowest BCUT2D eigenvalue weighted by molar-refractivity contribution is 0.355. The average Bonchev–Trinajstić information content (AvgIpc) is 2.59. The first kappa shape index (κ1) is 15.6. The van der Waals surface area contributed by atoms with Gasteiger partial charge in [0.25, 0.3) is 0 Å². The zero-order chi connectivity index (χ0) is 15.9. The molecule has 6 nitrogen and oxygen atoms in total. The molecule has 0 N–H and O–H groups in total. The molecule has 0 aliphatic rings. The first-order valence-electron chi connectivity index (χ1n) is 6.57. The zero-order valence-electron chi connectivity index (χ0n) is 13.0.